The largest absolute Gasteiger partial charge is 0.475 e. The predicted molar refractivity (Wildman–Crippen MR) is 174 cm³/mol. The number of fused-ring (bicyclic) bond motifs is 4. The van der Waals surface area contributed by atoms with Crippen LogP contribution in [-0.4, -0.2) is 66.9 Å². The first-order valence-electron chi connectivity index (χ1n) is 19.3. The highest BCUT2D eigenvalue weighted by Crippen LogP contribution is 2.64. The Morgan fingerprint density at radius 3 is 1.71 bits per heavy atom. The number of phosphoric acid groups is 1. The molecule has 2 spiro atoms. The lowest BCUT2D eigenvalue weighted by molar-refractivity contribution is -0.573. The molecule has 8 aliphatic heterocycles. The molecular weight excluding hydrogens is 655 g/mol. The minimum absolute atomic E-state index is 0.0476. The van der Waals surface area contributed by atoms with Crippen molar-refractivity contribution < 1.29 is 56.6 Å². The standard InChI is InChI=1S/C36H59O12P/c1-9-38-49(37,39-10-2)44-29(30-23(6)27-14-12-21(4)25-16-18-34(8)43-32(41-30)36(25,27)48-46-34)19-28-22(5)26-13-11-20(3)24-15-17-33(7)42-31(40-28)35(24,26)47-45-33/h20-32H,9-19H2,1-8H3/t20-,21-,22-,23-,24+,25+,26+,27+,28-,29+,30?,31-,32-,33+,34+,35?,36?/m1/s1. The number of ether oxygens (including phenoxy) is 4. The molecular formula is C36H59O12P. The fraction of sp³-hybridized carbons (Fsp3) is 1.00. The van der Waals surface area contributed by atoms with Gasteiger partial charge in [-0.1, -0.05) is 27.7 Å². The van der Waals surface area contributed by atoms with Crippen molar-refractivity contribution in [3.05, 3.63) is 0 Å². The van der Waals surface area contributed by atoms with Crippen LogP contribution in [0.3, 0.4) is 0 Å². The van der Waals surface area contributed by atoms with Gasteiger partial charge in [0.15, 0.2) is 23.8 Å². The molecule has 10 aliphatic rings. The normalized spacial score (nSPS) is 54.0. The van der Waals surface area contributed by atoms with Crippen LogP contribution in [-0.2, 0) is 56.6 Å². The zero-order valence-electron chi connectivity index (χ0n) is 30.6. The Balaban J connectivity index is 1.14. The van der Waals surface area contributed by atoms with E-state index in [1.165, 1.54) is 0 Å². The van der Waals surface area contributed by atoms with Crippen LogP contribution in [0.2, 0.25) is 0 Å². The number of hydrogen-bond donors (Lipinski definition) is 0. The van der Waals surface area contributed by atoms with Crippen LogP contribution in [0.1, 0.15) is 113 Å². The van der Waals surface area contributed by atoms with Gasteiger partial charge in [0.1, 0.15) is 0 Å². The summed E-state index contributed by atoms with van der Waals surface area (Å²) in [5.41, 5.74) is -1.41. The molecule has 0 N–H and O–H groups in total. The lowest BCUT2D eigenvalue weighted by atomic mass is 9.56. The van der Waals surface area contributed by atoms with Gasteiger partial charge in [0.25, 0.3) is 0 Å². The van der Waals surface area contributed by atoms with Crippen LogP contribution in [0.4, 0.5) is 0 Å². The Bertz CT molecular complexity index is 1280. The molecule has 8 saturated heterocycles. The molecule has 3 unspecified atom stereocenters. The van der Waals surface area contributed by atoms with E-state index in [9.17, 15) is 4.57 Å². The molecule has 0 aromatic carbocycles. The molecule has 2 aliphatic carbocycles. The van der Waals surface area contributed by atoms with Gasteiger partial charge in [0.2, 0.25) is 11.6 Å². The minimum atomic E-state index is -3.96. The molecule has 8 heterocycles. The van der Waals surface area contributed by atoms with Crippen LogP contribution in [0.5, 0.6) is 0 Å². The quantitative estimate of drug-likeness (QED) is 0.174. The summed E-state index contributed by atoms with van der Waals surface area (Å²) in [6, 6.07) is 0. The molecule has 0 radical (unpaired) electrons. The van der Waals surface area contributed by atoms with E-state index in [-0.39, 0.29) is 54.8 Å². The lowest BCUT2D eigenvalue weighted by Gasteiger charge is -2.62. The summed E-state index contributed by atoms with van der Waals surface area (Å²) in [4.78, 5) is 25.0. The monoisotopic (exact) mass is 714 g/mol. The van der Waals surface area contributed by atoms with E-state index in [2.05, 4.69) is 27.7 Å². The van der Waals surface area contributed by atoms with Crippen LogP contribution in [0, 0.1) is 47.3 Å². The third kappa shape index (κ3) is 5.52. The topological polar surface area (TPSA) is 119 Å². The molecule has 10 fully saturated rings. The second-order valence-corrected chi connectivity index (χ2v) is 18.6. The highest BCUT2D eigenvalue weighted by atomic mass is 31.2. The van der Waals surface area contributed by atoms with E-state index in [0.29, 0.717) is 18.3 Å². The zero-order chi connectivity index (χ0) is 34.6. The molecule has 12 nitrogen and oxygen atoms in total. The predicted octanol–water partition coefficient (Wildman–Crippen LogP) is 7.44. The van der Waals surface area contributed by atoms with E-state index in [1.807, 2.05) is 13.8 Å². The Kier molecular flexibility index (Phi) is 9.27. The van der Waals surface area contributed by atoms with Crippen LogP contribution < -0.4 is 0 Å². The number of hydrogen-bond acceptors (Lipinski definition) is 12. The van der Waals surface area contributed by atoms with Crippen LogP contribution >= 0.6 is 7.82 Å². The van der Waals surface area contributed by atoms with Gasteiger partial charge in [0.05, 0.1) is 31.5 Å². The van der Waals surface area contributed by atoms with Crippen LogP contribution in [0.25, 0.3) is 0 Å². The van der Waals surface area contributed by atoms with Gasteiger partial charge in [-0.3, -0.25) is 13.6 Å². The fourth-order valence-corrected chi connectivity index (χ4v) is 13.0. The molecule has 280 valence electrons. The average Bonchev–Trinajstić information content (AvgIpc) is 3.43. The van der Waals surface area contributed by atoms with Crippen LogP contribution in [0.15, 0.2) is 0 Å². The summed E-state index contributed by atoms with van der Waals surface area (Å²) in [5, 5.41) is 0. The Labute approximate surface area is 291 Å². The number of phosphoric ester groups is 1. The van der Waals surface area contributed by atoms with Crippen molar-refractivity contribution in [1.29, 1.82) is 0 Å². The summed E-state index contributed by atoms with van der Waals surface area (Å²) in [6.45, 7) is 16.9. The highest BCUT2D eigenvalue weighted by molar-refractivity contribution is 7.48. The van der Waals surface area contributed by atoms with E-state index >= 15 is 0 Å². The first-order chi connectivity index (χ1) is 23.3. The first-order valence-corrected chi connectivity index (χ1v) is 20.7. The van der Waals surface area contributed by atoms with Crippen molar-refractivity contribution in [3.63, 3.8) is 0 Å². The second-order valence-electron chi connectivity index (χ2n) is 17.0. The SMILES string of the molecule is CCOP(=O)(OCC)O[C@@H](C[C@H]1O[C@@H]2O[C@]3(C)CC[C@H]4[C@H](C)CC[C@@H]([C@H]1C)C24OO3)C1O[C@@H]2O[C@]3(C)CC[C@H]4[C@H](C)CC[C@@H]([C@H]1C)C24OO3. The Hall–Kier alpha value is -0.210. The summed E-state index contributed by atoms with van der Waals surface area (Å²) in [5.74, 6) is -0.159. The summed E-state index contributed by atoms with van der Waals surface area (Å²) < 4.78 is 59.7. The highest BCUT2D eigenvalue weighted by Gasteiger charge is 2.72. The maximum Gasteiger partial charge on any atom is 0.475 e. The maximum absolute atomic E-state index is 14.2. The van der Waals surface area contributed by atoms with Gasteiger partial charge in [0, 0.05) is 31.1 Å². The fourth-order valence-electron chi connectivity index (χ4n) is 11.7. The molecule has 49 heavy (non-hydrogen) atoms. The van der Waals surface area contributed by atoms with Crippen molar-refractivity contribution in [2.24, 2.45) is 47.3 Å². The molecule has 0 aromatic heterocycles. The van der Waals surface area contributed by atoms with E-state index < -0.39 is 55.4 Å². The number of rotatable bonds is 9. The van der Waals surface area contributed by atoms with Gasteiger partial charge in [-0.25, -0.2) is 24.1 Å². The molecule has 10 rings (SSSR count). The summed E-state index contributed by atoms with van der Waals surface area (Å²) >= 11 is 0. The van der Waals surface area contributed by atoms with E-state index in [4.69, 9.17) is 52.1 Å². The van der Waals surface area contributed by atoms with Crippen molar-refractivity contribution in [1.82, 2.24) is 0 Å². The van der Waals surface area contributed by atoms with E-state index in [0.717, 1.165) is 51.4 Å². The van der Waals surface area contributed by atoms with E-state index in [1.54, 1.807) is 13.8 Å². The third-order valence-corrected chi connectivity index (χ3v) is 15.9. The molecule has 4 bridgehead atoms. The molecule has 17 atom stereocenters. The average molecular weight is 715 g/mol. The maximum atomic E-state index is 14.2. The minimum Gasteiger partial charge on any atom is -0.346 e. The molecule has 0 amide bonds. The van der Waals surface area contributed by atoms with Crippen molar-refractivity contribution in [2.75, 3.05) is 13.2 Å². The Morgan fingerprint density at radius 2 is 1.18 bits per heavy atom. The molecule has 2 saturated carbocycles. The zero-order valence-corrected chi connectivity index (χ0v) is 31.5. The van der Waals surface area contributed by atoms with Gasteiger partial charge in [-0.15, -0.1) is 0 Å². The summed E-state index contributed by atoms with van der Waals surface area (Å²) in [7, 11) is -3.96. The Morgan fingerprint density at radius 1 is 0.673 bits per heavy atom. The second kappa shape index (κ2) is 12.7. The van der Waals surface area contributed by atoms with Gasteiger partial charge in [-0.2, -0.15) is 0 Å². The van der Waals surface area contributed by atoms with Crippen molar-refractivity contribution in [2.45, 2.75) is 167 Å². The van der Waals surface area contributed by atoms with Crippen molar-refractivity contribution >= 4 is 7.82 Å². The van der Waals surface area contributed by atoms with Gasteiger partial charge < -0.3 is 18.9 Å². The molecule has 0 aromatic rings. The smallest absolute Gasteiger partial charge is 0.346 e. The first kappa shape index (κ1) is 35.8. The van der Waals surface area contributed by atoms with Gasteiger partial charge in [-0.05, 0) is 102 Å². The third-order valence-electron chi connectivity index (χ3n) is 14.2. The lowest BCUT2D eigenvalue weighted by Crippen LogP contribution is -2.72. The molecule has 13 heteroatoms. The van der Waals surface area contributed by atoms with Gasteiger partial charge >= 0.3 is 7.82 Å². The summed E-state index contributed by atoms with van der Waals surface area (Å²) in [6.07, 6.45) is 5.08. The van der Waals surface area contributed by atoms with Crippen molar-refractivity contribution in [3.8, 4) is 0 Å².